The van der Waals surface area contributed by atoms with Crippen molar-refractivity contribution >= 4 is 21.7 Å². The molecule has 0 bridgehead atoms. The van der Waals surface area contributed by atoms with Gasteiger partial charge in [-0.3, -0.25) is 4.90 Å². The highest BCUT2D eigenvalue weighted by atomic mass is 32.2. The highest BCUT2D eigenvalue weighted by Gasteiger charge is 2.41. The molecule has 0 unspecified atom stereocenters. The van der Waals surface area contributed by atoms with E-state index in [4.69, 9.17) is 0 Å². The second kappa shape index (κ2) is 7.13. The molecular formula is C22H20N2O3S. The van der Waals surface area contributed by atoms with Crippen LogP contribution in [0.4, 0.5) is 10.5 Å². The van der Waals surface area contributed by atoms with Crippen LogP contribution in [0, 0.1) is 6.92 Å². The Morgan fingerprint density at radius 3 is 2.07 bits per heavy atom. The number of para-hydroxylation sites is 1. The monoisotopic (exact) mass is 392 g/mol. The smallest absolute Gasteiger partial charge is 0.288 e. The van der Waals surface area contributed by atoms with Gasteiger partial charge in [-0.1, -0.05) is 72.3 Å². The predicted octanol–water partition coefficient (Wildman–Crippen LogP) is 4.33. The third-order valence-electron chi connectivity index (χ3n) is 4.80. The fraction of sp³-hybridized carbons (Fsp3) is 0.136. The Labute approximate surface area is 164 Å². The average molecular weight is 392 g/mol. The first kappa shape index (κ1) is 18.3. The maximum atomic E-state index is 13.3. The van der Waals surface area contributed by atoms with Crippen molar-refractivity contribution < 1.29 is 13.2 Å². The van der Waals surface area contributed by atoms with Crippen LogP contribution in [0.1, 0.15) is 16.7 Å². The quantitative estimate of drug-likeness (QED) is 0.664. The van der Waals surface area contributed by atoms with Gasteiger partial charge < -0.3 is 0 Å². The summed E-state index contributed by atoms with van der Waals surface area (Å²) in [6.45, 7) is 2.30. The van der Waals surface area contributed by atoms with Crippen molar-refractivity contribution in [2.75, 3.05) is 4.90 Å². The first-order valence-corrected chi connectivity index (χ1v) is 10.4. The minimum absolute atomic E-state index is 0.000733. The fourth-order valence-corrected chi connectivity index (χ4v) is 4.84. The van der Waals surface area contributed by atoms with Crippen molar-refractivity contribution in [1.82, 2.24) is 4.31 Å². The number of amides is 2. The van der Waals surface area contributed by atoms with Gasteiger partial charge >= 0.3 is 6.03 Å². The van der Waals surface area contributed by atoms with Gasteiger partial charge in [-0.25, -0.2) is 17.5 Å². The summed E-state index contributed by atoms with van der Waals surface area (Å²) >= 11 is 0. The maximum Gasteiger partial charge on any atom is 0.339 e. The number of carbonyl (C=O) groups is 1. The van der Waals surface area contributed by atoms with Crippen LogP contribution in [0.5, 0.6) is 0 Å². The van der Waals surface area contributed by atoms with Crippen LogP contribution >= 0.6 is 0 Å². The number of hydrogen-bond donors (Lipinski definition) is 0. The SMILES string of the molecule is Cc1ccc(CN2C(=O)N(Cc3ccccc3)S(=O)(=O)c3ccccc32)cc1. The largest absolute Gasteiger partial charge is 0.339 e. The lowest BCUT2D eigenvalue weighted by Gasteiger charge is -2.36. The van der Waals surface area contributed by atoms with Gasteiger partial charge in [-0.15, -0.1) is 0 Å². The molecule has 1 aliphatic heterocycles. The Balaban J connectivity index is 1.77. The molecule has 0 saturated heterocycles. The molecule has 0 aromatic heterocycles. The van der Waals surface area contributed by atoms with Crippen LogP contribution in [0.2, 0.25) is 0 Å². The Hall–Kier alpha value is -3.12. The third kappa shape index (κ3) is 3.27. The van der Waals surface area contributed by atoms with Gasteiger partial charge in [-0.05, 0) is 30.2 Å². The molecule has 2 amide bonds. The van der Waals surface area contributed by atoms with E-state index in [-0.39, 0.29) is 11.4 Å². The zero-order valence-corrected chi connectivity index (χ0v) is 16.3. The molecule has 0 atom stereocenters. The second-order valence-corrected chi connectivity index (χ2v) is 8.65. The van der Waals surface area contributed by atoms with Crippen molar-refractivity contribution in [3.63, 3.8) is 0 Å². The average Bonchev–Trinajstić information content (AvgIpc) is 2.71. The minimum Gasteiger partial charge on any atom is -0.288 e. The van der Waals surface area contributed by atoms with E-state index >= 15 is 0 Å². The Morgan fingerprint density at radius 2 is 1.36 bits per heavy atom. The lowest BCUT2D eigenvalue weighted by molar-refractivity contribution is 0.226. The molecule has 0 fully saturated rings. The molecular weight excluding hydrogens is 372 g/mol. The molecule has 5 nitrogen and oxygen atoms in total. The van der Waals surface area contributed by atoms with Crippen LogP contribution in [-0.2, 0) is 23.1 Å². The van der Waals surface area contributed by atoms with Crippen LogP contribution < -0.4 is 4.90 Å². The molecule has 1 aliphatic rings. The Kier molecular flexibility index (Phi) is 4.65. The van der Waals surface area contributed by atoms with Crippen molar-refractivity contribution in [3.05, 3.63) is 95.6 Å². The van der Waals surface area contributed by atoms with Crippen molar-refractivity contribution in [1.29, 1.82) is 0 Å². The summed E-state index contributed by atoms with van der Waals surface area (Å²) in [5.74, 6) is 0. The van der Waals surface area contributed by atoms with Gasteiger partial charge in [0.15, 0.2) is 0 Å². The number of rotatable bonds is 4. The summed E-state index contributed by atoms with van der Waals surface area (Å²) in [6, 6.07) is 23.1. The molecule has 3 aromatic rings. The zero-order valence-electron chi connectivity index (χ0n) is 15.4. The van der Waals surface area contributed by atoms with Gasteiger partial charge in [0.1, 0.15) is 4.90 Å². The van der Waals surface area contributed by atoms with Gasteiger partial charge in [0.25, 0.3) is 10.0 Å². The van der Waals surface area contributed by atoms with E-state index in [0.717, 1.165) is 21.0 Å². The van der Waals surface area contributed by atoms with E-state index in [1.165, 1.54) is 4.90 Å². The lowest BCUT2D eigenvalue weighted by atomic mass is 10.1. The standard InChI is InChI=1S/C22H20N2O3S/c1-17-11-13-19(14-12-17)15-23-20-9-5-6-10-21(20)28(26,27)24(22(23)25)16-18-7-3-2-4-8-18/h2-14H,15-16H2,1H3. The summed E-state index contributed by atoms with van der Waals surface area (Å²) in [5, 5.41) is 0. The van der Waals surface area contributed by atoms with Crippen molar-refractivity contribution in [3.8, 4) is 0 Å². The number of anilines is 1. The molecule has 0 aliphatic carbocycles. The Morgan fingerprint density at radius 1 is 0.750 bits per heavy atom. The molecule has 0 saturated carbocycles. The number of urea groups is 1. The van der Waals surface area contributed by atoms with E-state index in [9.17, 15) is 13.2 Å². The summed E-state index contributed by atoms with van der Waals surface area (Å²) < 4.78 is 27.2. The fourth-order valence-electron chi connectivity index (χ4n) is 3.29. The molecule has 142 valence electrons. The van der Waals surface area contributed by atoms with E-state index in [1.54, 1.807) is 24.3 Å². The molecule has 0 N–H and O–H groups in total. The Bertz CT molecular complexity index is 1110. The topological polar surface area (TPSA) is 57.7 Å². The molecule has 28 heavy (non-hydrogen) atoms. The van der Waals surface area contributed by atoms with Gasteiger partial charge in [0, 0.05) is 0 Å². The first-order chi connectivity index (χ1) is 13.5. The number of benzene rings is 3. The molecule has 6 heteroatoms. The third-order valence-corrected chi connectivity index (χ3v) is 6.57. The normalized spacial score (nSPS) is 15.4. The highest BCUT2D eigenvalue weighted by molar-refractivity contribution is 7.90. The van der Waals surface area contributed by atoms with E-state index in [1.807, 2.05) is 61.5 Å². The van der Waals surface area contributed by atoms with E-state index in [0.29, 0.717) is 12.2 Å². The van der Waals surface area contributed by atoms with Crippen molar-refractivity contribution in [2.24, 2.45) is 0 Å². The number of carbonyl (C=O) groups excluding carboxylic acids is 1. The van der Waals surface area contributed by atoms with Gasteiger partial charge in [-0.2, -0.15) is 0 Å². The molecule has 4 rings (SSSR count). The summed E-state index contributed by atoms with van der Waals surface area (Å²) in [4.78, 5) is 14.9. The molecule has 0 spiro atoms. The molecule has 1 heterocycles. The van der Waals surface area contributed by atoms with Crippen LogP contribution in [0.15, 0.2) is 83.8 Å². The van der Waals surface area contributed by atoms with E-state index in [2.05, 4.69) is 0 Å². The highest BCUT2D eigenvalue weighted by Crippen LogP contribution is 2.36. The van der Waals surface area contributed by atoms with Crippen LogP contribution in [-0.4, -0.2) is 18.8 Å². The lowest BCUT2D eigenvalue weighted by Crippen LogP contribution is -2.49. The van der Waals surface area contributed by atoms with Gasteiger partial charge in [0.2, 0.25) is 0 Å². The predicted molar refractivity (Wildman–Crippen MR) is 108 cm³/mol. The zero-order chi connectivity index (χ0) is 19.7. The number of hydrogen-bond acceptors (Lipinski definition) is 3. The molecule has 0 radical (unpaired) electrons. The first-order valence-electron chi connectivity index (χ1n) is 8.99. The number of fused-ring (bicyclic) bond motifs is 1. The number of sulfonamides is 1. The minimum atomic E-state index is -3.92. The summed E-state index contributed by atoms with van der Waals surface area (Å²) in [6.07, 6.45) is 0. The molecule has 3 aromatic carbocycles. The summed E-state index contributed by atoms with van der Waals surface area (Å²) in [7, 11) is -3.92. The van der Waals surface area contributed by atoms with Crippen molar-refractivity contribution in [2.45, 2.75) is 24.9 Å². The van der Waals surface area contributed by atoms with Gasteiger partial charge in [0.05, 0.1) is 18.8 Å². The maximum absolute atomic E-state index is 13.3. The van der Waals surface area contributed by atoms with Crippen LogP contribution in [0.25, 0.3) is 0 Å². The van der Waals surface area contributed by atoms with E-state index < -0.39 is 16.1 Å². The second-order valence-electron chi connectivity index (χ2n) is 6.82. The number of aryl methyl sites for hydroxylation is 1. The van der Waals surface area contributed by atoms with Crippen LogP contribution in [0.3, 0.4) is 0 Å². The number of nitrogens with zero attached hydrogens (tertiary/aromatic N) is 2. The summed E-state index contributed by atoms with van der Waals surface area (Å²) in [5.41, 5.74) is 3.24.